The normalized spacial score (nSPS) is 21.2. The van der Waals surface area contributed by atoms with Gasteiger partial charge in [-0.15, -0.1) is 0 Å². The lowest BCUT2D eigenvalue weighted by atomic mass is 10.00. The molecule has 0 radical (unpaired) electrons. The van der Waals surface area contributed by atoms with E-state index in [4.69, 9.17) is 25.8 Å². The number of methoxy groups -OCH3 is 1. The van der Waals surface area contributed by atoms with Gasteiger partial charge < -0.3 is 19.5 Å². The van der Waals surface area contributed by atoms with E-state index in [0.717, 1.165) is 15.8 Å². The van der Waals surface area contributed by atoms with Crippen molar-refractivity contribution in [2.75, 3.05) is 34.0 Å². The summed E-state index contributed by atoms with van der Waals surface area (Å²) < 4.78 is 17.5. The highest BCUT2D eigenvalue weighted by Gasteiger charge is 2.28. The Bertz CT molecular complexity index is 438. The molecule has 2 unspecified atom stereocenters. The molecule has 106 valence electrons. The maximum Gasteiger partial charge on any atom is 0.138 e. The van der Waals surface area contributed by atoms with Crippen LogP contribution in [0.25, 0.3) is 0 Å². The molecule has 0 amide bonds. The van der Waals surface area contributed by atoms with Crippen LogP contribution in [0.4, 0.5) is 0 Å². The molecule has 4 nitrogen and oxygen atoms in total. The van der Waals surface area contributed by atoms with Gasteiger partial charge in [0.05, 0.1) is 37.4 Å². The van der Waals surface area contributed by atoms with Gasteiger partial charge in [-0.25, -0.2) is 0 Å². The zero-order chi connectivity index (χ0) is 13.8. The van der Waals surface area contributed by atoms with Crippen molar-refractivity contribution in [3.8, 4) is 5.75 Å². The fraction of sp³-hybridized carbons (Fsp3) is 0.538. The second kappa shape index (κ2) is 6.90. The van der Waals surface area contributed by atoms with Gasteiger partial charge in [-0.3, -0.25) is 0 Å². The third kappa shape index (κ3) is 3.41. The molecule has 1 aromatic rings. The van der Waals surface area contributed by atoms with E-state index in [1.165, 1.54) is 0 Å². The Kier molecular flexibility index (Phi) is 5.47. The third-order valence-corrected chi connectivity index (χ3v) is 3.91. The second-order valence-corrected chi connectivity index (χ2v) is 5.55. The highest BCUT2D eigenvalue weighted by Crippen LogP contribution is 2.37. The van der Waals surface area contributed by atoms with Gasteiger partial charge in [-0.05, 0) is 35.1 Å². The SMILES string of the molecule is CNC(c1cc(Cl)cc(Br)c1OC)C1COCCO1. The average Bonchev–Trinajstić information content (AvgIpc) is 2.40. The zero-order valence-electron chi connectivity index (χ0n) is 10.9. The predicted octanol–water partition coefficient (Wildman–Crippen LogP) is 2.79. The van der Waals surface area contributed by atoms with Gasteiger partial charge in [0.1, 0.15) is 11.9 Å². The number of halogens is 2. The van der Waals surface area contributed by atoms with E-state index in [-0.39, 0.29) is 12.1 Å². The summed E-state index contributed by atoms with van der Waals surface area (Å²) in [6, 6.07) is 3.67. The van der Waals surface area contributed by atoms with Crippen LogP contribution in [0.15, 0.2) is 16.6 Å². The van der Waals surface area contributed by atoms with E-state index >= 15 is 0 Å². The number of hydrogen-bond donors (Lipinski definition) is 1. The molecular formula is C13H17BrClNO3. The lowest BCUT2D eigenvalue weighted by molar-refractivity contribution is -0.101. The van der Waals surface area contributed by atoms with Crippen molar-refractivity contribution in [2.45, 2.75) is 12.1 Å². The van der Waals surface area contributed by atoms with Crippen LogP contribution in [0.3, 0.4) is 0 Å². The largest absolute Gasteiger partial charge is 0.495 e. The first-order chi connectivity index (χ1) is 9.17. The average molecular weight is 351 g/mol. The smallest absolute Gasteiger partial charge is 0.138 e. The molecule has 0 bridgehead atoms. The van der Waals surface area contributed by atoms with Crippen LogP contribution in [-0.2, 0) is 9.47 Å². The van der Waals surface area contributed by atoms with Crippen LogP contribution in [0.1, 0.15) is 11.6 Å². The van der Waals surface area contributed by atoms with Gasteiger partial charge in [0.25, 0.3) is 0 Å². The molecule has 0 aliphatic carbocycles. The summed E-state index contributed by atoms with van der Waals surface area (Å²) in [6.45, 7) is 1.80. The highest BCUT2D eigenvalue weighted by atomic mass is 79.9. The topological polar surface area (TPSA) is 39.7 Å². The molecule has 0 spiro atoms. The fourth-order valence-corrected chi connectivity index (χ4v) is 3.26. The molecular weight excluding hydrogens is 334 g/mol. The number of nitrogens with one attached hydrogen (secondary N) is 1. The van der Waals surface area contributed by atoms with E-state index in [1.807, 2.05) is 19.2 Å². The molecule has 1 aliphatic heterocycles. The monoisotopic (exact) mass is 349 g/mol. The van der Waals surface area contributed by atoms with E-state index < -0.39 is 0 Å². The van der Waals surface area contributed by atoms with Crippen LogP contribution in [-0.4, -0.2) is 40.1 Å². The van der Waals surface area contributed by atoms with Gasteiger partial charge in [-0.2, -0.15) is 0 Å². The number of likely N-dealkylation sites (N-methyl/N-ethyl adjacent to an activating group) is 1. The molecule has 2 rings (SSSR count). The molecule has 19 heavy (non-hydrogen) atoms. The van der Waals surface area contributed by atoms with Crippen LogP contribution < -0.4 is 10.1 Å². The maximum absolute atomic E-state index is 6.13. The first-order valence-corrected chi connectivity index (χ1v) is 7.24. The highest BCUT2D eigenvalue weighted by molar-refractivity contribution is 9.10. The summed E-state index contributed by atoms with van der Waals surface area (Å²) in [5, 5.41) is 3.91. The Morgan fingerprint density at radius 3 is 2.84 bits per heavy atom. The lowest BCUT2D eigenvalue weighted by Gasteiger charge is -2.31. The Balaban J connectivity index is 2.36. The minimum atomic E-state index is -0.0574. The first-order valence-electron chi connectivity index (χ1n) is 6.07. The van der Waals surface area contributed by atoms with Crippen molar-refractivity contribution in [2.24, 2.45) is 0 Å². The van der Waals surface area contributed by atoms with Gasteiger partial charge in [0, 0.05) is 10.6 Å². The molecule has 1 fully saturated rings. The molecule has 1 N–H and O–H groups in total. The Morgan fingerprint density at radius 1 is 1.47 bits per heavy atom. The number of benzene rings is 1. The van der Waals surface area contributed by atoms with Gasteiger partial charge in [-0.1, -0.05) is 11.6 Å². The maximum atomic E-state index is 6.13. The Morgan fingerprint density at radius 2 is 2.26 bits per heavy atom. The van der Waals surface area contributed by atoms with Crippen LogP contribution in [0, 0.1) is 0 Å². The molecule has 1 aromatic carbocycles. The van der Waals surface area contributed by atoms with Crippen molar-refractivity contribution < 1.29 is 14.2 Å². The van der Waals surface area contributed by atoms with Crippen molar-refractivity contribution in [1.29, 1.82) is 0 Å². The first kappa shape index (κ1) is 15.1. The van der Waals surface area contributed by atoms with Crippen molar-refractivity contribution in [3.05, 3.63) is 27.2 Å². The van der Waals surface area contributed by atoms with Crippen molar-refractivity contribution >= 4 is 27.5 Å². The van der Waals surface area contributed by atoms with E-state index in [0.29, 0.717) is 24.8 Å². The summed E-state index contributed by atoms with van der Waals surface area (Å²) >= 11 is 9.60. The number of rotatable bonds is 4. The standard InChI is InChI=1S/C13H17BrClNO3/c1-16-12(11-7-18-3-4-19-11)9-5-8(15)6-10(14)13(9)17-2/h5-6,11-12,16H,3-4,7H2,1-2H3. The quantitative estimate of drug-likeness (QED) is 0.906. The fourth-order valence-electron chi connectivity index (χ4n) is 2.27. The minimum Gasteiger partial charge on any atom is -0.495 e. The summed E-state index contributed by atoms with van der Waals surface area (Å²) in [6.07, 6.45) is -0.0574. The van der Waals surface area contributed by atoms with Gasteiger partial charge in [0.2, 0.25) is 0 Å². The molecule has 0 saturated carbocycles. The zero-order valence-corrected chi connectivity index (χ0v) is 13.3. The van der Waals surface area contributed by atoms with E-state index in [1.54, 1.807) is 7.11 Å². The minimum absolute atomic E-state index is 0.0368. The predicted molar refractivity (Wildman–Crippen MR) is 78.1 cm³/mol. The van der Waals surface area contributed by atoms with E-state index in [2.05, 4.69) is 21.2 Å². The molecule has 1 heterocycles. The van der Waals surface area contributed by atoms with Crippen LogP contribution in [0.2, 0.25) is 5.02 Å². The van der Waals surface area contributed by atoms with Gasteiger partial charge in [0.15, 0.2) is 0 Å². The Labute approximate surface area is 126 Å². The van der Waals surface area contributed by atoms with Crippen molar-refractivity contribution in [3.63, 3.8) is 0 Å². The second-order valence-electron chi connectivity index (χ2n) is 4.26. The molecule has 1 saturated heterocycles. The molecule has 2 atom stereocenters. The summed E-state index contributed by atoms with van der Waals surface area (Å²) in [5.41, 5.74) is 0.958. The molecule has 6 heteroatoms. The van der Waals surface area contributed by atoms with Gasteiger partial charge >= 0.3 is 0 Å². The third-order valence-electron chi connectivity index (χ3n) is 3.10. The Hall–Kier alpha value is -0.330. The van der Waals surface area contributed by atoms with Crippen LogP contribution >= 0.6 is 27.5 Å². The molecule has 0 aromatic heterocycles. The summed E-state index contributed by atoms with van der Waals surface area (Å²) in [4.78, 5) is 0. The van der Waals surface area contributed by atoms with Crippen molar-refractivity contribution in [1.82, 2.24) is 5.32 Å². The summed E-state index contributed by atoms with van der Waals surface area (Å²) in [7, 11) is 3.53. The van der Waals surface area contributed by atoms with E-state index in [9.17, 15) is 0 Å². The summed E-state index contributed by atoms with van der Waals surface area (Å²) in [5.74, 6) is 0.762. The van der Waals surface area contributed by atoms with Crippen LogP contribution in [0.5, 0.6) is 5.75 Å². The number of ether oxygens (including phenoxy) is 3. The molecule has 1 aliphatic rings. The number of hydrogen-bond acceptors (Lipinski definition) is 4. The lowest BCUT2D eigenvalue weighted by Crippen LogP contribution is -2.39.